The van der Waals surface area contributed by atoms with Crippen molar-refractivity contribution in [3.63, 3.8) is 0 Å². The lowest BCUT2D eigenvalue weighted by molar-refractivity contribution is 0.0358. The summed E-state index contributed by atoms with van der Waals surface area (Å²) in [4.78, 5) is 2.41. The maximum atomic E-state index is 9.41. The number of aryl methyl sites for hydroxylation is 1. The molecule has 1 N–H and O–H groups in total. The Morgan fingerprint density at radius 2 is 1.72 bits per heavy atom. The first kappa shape index (κ1) is 21.3. The molecule has 29 heavy (non-hydrogen) atoms. The molecule has 0 spiro atoms. The van der Waals surface area contributed by atoms with Crippen molar-refractivity contribution < 1.29 is 14.7 Å². The summed E-state index contributed by atoms with van der Waals surface area (Å²) in [7, 11) is 0. The number of benzene rings is 2. The molecular formula is C24H32N2O3. The van der Waals surface area contributed by atoms with Crippen molar-refractivity contribution in [2.24, 2.45) is 5.16 Å². The van der Waals surface area contributed by atoms with E-state index < -0.39 is 0 Å². The molecule has 1 aliphatic heterocycles. The summed E-state index contributed by atoms with van der Waals surface area (Å²) in [5.74, 6) is 0.858. The largest absolute Gasteiger partial charge is 0.494 e. The maximum Gasteiger partial charge on any atom is 0.119 e. The van der Waals surface area contributed by atoms with Crippen LogP contribution in [0.2, 0.25) is 0 Å². The van der Waals surface area contributed by atoms with E-state index in [0.717, 1.165) is 82.0 Å². The zero-order valence-corrected chi connectivity index (χ0v) is 17.1. The highest BCUT2D eigenvalue weighted by Gasteiger charge is 2.09. The lowest BCUT2D eigenvalue weighted by Gasteiger charge is -2.26. The highest BCUT2D eigenvalue weighted by atomic mass is 16.5. The van der Waals surface area contributed by atoms with Crippen LogP contribution in [0, 0.1) is 0 Å². The number of rotatable bonds is 11. The van der Waals surface area contributed by atoms with E-state index in [-0.39, 0.29) is 0 Å². The Balaban J connectivity index is 1.36. The molecule has 1 fully saturated rings. The predicted molar refractivity (Wildman–Crippen MR) is 116 cm³/mol. The van der Waals surface area contributed by atoms with E-state index >= 15 is 0 Å². The van der Waals surface area contributed by atoms with Crippen LogP contribution in [0.5, 0.6) is 5.75 Å². The quantitative estimate of drug-likeness (QED) is 0.265. The van der Waals surface area contributed by atoms with Gasteiger partial charge in [-0.1, -0.05) is 35.5 Å². The van der Waals surface area contributed by atoms with E-state index in [1.165, 1.54) is 5.56 Å². The van der Waals surface area contributed by atoms with Crippen molar-refractivity contribution in [1.82, 2.24) is 4.90 Å². The van der Waals surface area contributed by atoms with Gasteiger partial charge in [0.15, 0.2) is 0 Å². The molecule has 2 aromatic rings. The van der Waals surface area contributed by atoms with Gasteiger partial charge in [0.1, 0.15) is 5.75 Å². The minimum Gasteiger partial charge on any atom is -0.494 e. The van der Waals surface area contributed by atoms with Gasteiger partial charge in [-0.3, -0.25) is 4.90 Å². The predicted octanol–water partition coefficient (Wildman–Crippen LogP) is 4.38. The Morgan fingerprint density at radius 3 is 2.45 bits per heavy atom. The number of hydrogen-bond acceptors (Lipinski definition) is 5. The zero-order chi connectivity index (χ0) is 20.2. The molecule has 3 rings (SSSR count). The highest BCUT2D eigenvalue weighted by Crippen LogP contribution is 2.16. The Hall–Kier alpha value is -2.37. The minimum absolute atomic E-state index is 0.705. The van der Waals surface area contributed by atoms with Crippen LogP contribution in [0.3, 0.4) is 0 Å². The molecule has 0 aliphatic carbocycles. The van der Waals surface area contributed by atoms with Crippen molar-refractivity contribution >= 4 is 5.71 Å². The molecule has 0 bridgehead atoms. The molecule has 0 saturated carbocycles. The summed E-state index contributed by atoms with van der Waals surface area (Å²) in [5.41, 5.74) is 3.04. The summed E-state index contributed by atoms with van der Waals surface area (Å²) in [6, 6.07) is 18.4. The fourth-order valence-corrected chi connectivity index (χ4v) is 3.56. The number of ether oxygens (including phenoxy) is 2. The molecule has 0 amide bonds. The average Bonchev–Trinajstić information content (AvgIpc) is 2.79. The van der Waals surface area contributed by atoms with E-state index in [4.69, 9.17) is 9.47 Å². The fourth-order valence-electron chi connectivity index (χ4n) is 3.56. The van der Waals surface area contributed by atoms with E-state index in [1.807, 2.05) is 30.3 Å². The Bertz CT molecular complexity index is 726. The number of morpholine rings is 1. The smallest absolute Gasteiger partial charge is 0.119 e. The summed E-state index contributed by atoms with van der Waals surface area (Å²) in [6.45, 7) is 5.46. The number of oxime groups is 1. The monoisotopic (exact) mass is 396 g/mol. The van der Waals surface area contributed by atoms with Gasteiger partial charge in [-0.25, -0.2) is 0 Å². The average molecular weight is 397 g/mol. The van der Waals surface area contributed by atoms with Crippen LogP contribution in [-0.4, -0.2) is 55.3 Å². The second kappa shape index (κ2) is 12.2. The van der Waals surface area contributed by atoms with E-state index in [1.54, 1.807) is 0 Å². The van der Waals surface area contributed by atoms with Crippen molar-refractivity contribution in [1.29, 1.82) is 0 Å². The van der Waals surface area contributed by atoms with Gasteiger partial charge in [-0.2, -0.15) is 0 Å². The molecule has 5 heteroatoms. The normalized spacial score (nSPS) is 15.4. The molecular weight excluding hydrogens is 364 g/mol. The van der Waals surface area contributed by atoms with Crippen LogP contribution in [0.1, 0.15) is 36.8 Å². The third-order valence-corrected chi connectivity index (χ3v) is 5.27. The maximum absolute atomic E-state index is 9.41. The third-order valence-electron chi connectivity index (χ3n) is 5.27. The minimum atomic E-state index is 0.705. The lowest BCUT2D eigenvalue weighted by Crippen LogP contribution is -2.37. The molecule has 1 aliphatic rings. The number of hydrogen-bond donors (Lipinski definition) is 1. The van der Waals surface area contributed by atoms with Crippen LogP contribution in [-0.2, 0) is 11.2 Å². The van der Waals surface area contributed by atoms with Gasteiger partial charge >= 0.3 is 0 Å². The molecule has 0 radical (unpaired) electrons. The van der Waals surface area contributed by atoms with Gasteiger partial charge in [0.05, 0.1) is 25.5 Å². The van der Waals surface area contributed by atoms with Crippen LogP contribution in [0.25, 0.3) is 0 Å². The van der Waals surface area contributed by atoms with Gasteiger partial charge in [-0.15, -0.1) is 0 Å². The van der Waals surface area contributed by atoms with Crippen molar-refractivity contribution in [3.8, 4) is 5.75 Å². The molecule has 0 unspecified atom stereocenters. The van der Waals surface area contributed by atoms with Crippen LogP contribution in [0.4, 0.5) is 0 Å². The van der Waals surface area contributed by atoms with Gasteiger partial charge in [0, 0.05) is 19.6 Å². The molecule has 2 aromatic carbocycles. The molecule has 0 aromatic heterocycles. The second-order valence-electron chi connectivity index (χ2n) is 7.42. The first-order chi connectivity index (χ1) is 14.3. The summed E-state index contributed by atoms with van der Waals surface area (Å²) in [6.07, 6.45) is 4.90. The van der Waals surface area contributed by atoms with Crippen LogP contribution < -0.4 is 4.74 Å². The molecule has 1 saturated heterocycles. The van der Waals surface area contributed by atoms with E-state index in [0.29, 0.717) is 6.61 Å². The lowest BCUT2D eigenvalue weighted by atomic mass is 10.0. The van der Waals surface area contributed by atoms with Gasteiger partial charge in [0.2, 0.25) is 0 Å². The SMILES string of the molecule is ON=C(CCCCc1ccccc1)c1ccc(OCCCN2CCOCC2)cc1. The summed E-state index contributed by atoms with van der Waals surface area (Å²) < 4.78 is 11.2. The Kier molecular flexibility index (Phi) is 9.01. The fraction of sp³-hybridized carbons (Fsp3) is 0.458. The summed E-state index contributed by atoms with van der Waals surface area (Å²) in [5, 5.41) is 12.9. The first-order valence-corrected chi connectivity index (χ1v) is 10.6. The number of unbranched alkanes of at least 4 members (excludes halogenated alkanes) is 1. The van der Waals surface area contributed by atoms with Gasteiger partial charge < -0.3 is 14.7 Å². The van der Waals surface area contributed by atoms with Gasteiger partial charge in [-0.05, 0) is 67.5 Å². The Morgan fingerprint density at radius 1 is 0.966 bits per heavy atom. The molecule has 5 nitrogen and oxygen atoms in total. The molecule has 156 valence electrons. The number of nitrogens with zero attached hydrogens (tertiary/aromatic N) is 2. The topological polar surface area (TPSA) is 54.3 Å². The van der Waals surface area contributed by atoms with Gasteiger partial charge in [0.25, 0.3) is 0 Å². The van der Waals surface area contributed by atoms with Crippen molar-refractivity contribution in [3.05, 3.63) is 65.7 Å². The van der Waals surface area contributed by atoms with Crippen molar-refractivity contribution in [2.75, 3.05) is 39.5 Å². The Labute approximate surface area is 173 Å². The highest BCUT2D eigenvalue weighted by molar-refractivity contribution is 6.00. The van der Waals surface area contributed by atoms with E-state index in [9.17, 15) is 5.21 Å². The third kappa shape index (κ3) is 7.52. The van der Waals surface area contributed by atoms with Crippen LogP contribution >= 0.6 is 0 Å². The molecule has 1 heterocycles. The standard InChI is InChI=1S/C24H32N2O3/c27-25-24(10-5-4-9-21-7-2-1-3-8-21)22-11-13-23(14-12-22)29-18-6-15-26-16-19-28-20-17-26/h1-3,7-8,11-14,27H,4-6,9-10,15-20H2. The summed E-state index contributed by atoms with van der Waals surface area (Å²) >= 11 is 0. The second-order valence-corrected chi connectivity index (χ2v) is 7.42. The zero-order valence-electron chi connectivity index (χ0n) is 17.1. The van der Waals surface area contributed by atoms with Crippen molar-refractivity contribution in [2.45, 2.75) is 32.1 Å². The first-order valence-electron chi connectivity index (χ1n) is 10.6. The van der Waals surface area contributed by atoms with Crippen LogP contribution in [0.15, 0.2) is 59.8 Å². The van der Waals surface area contributed by atoms with E-state index in [2.05, 4.69) is 34.3 Å². The molecule has 0 atom stereocenters.